The van der Waals surface area contributed by atoms with E-state index in [-0.39, 0.29) is 5.82 Å². The van der Waals surface area contributed by atoms with Gasteiger partial charge in [-0.1, -0.05) is 12.5 Å². The van der Waals surface area contributed by atoms with Gasteiger partial charge in [0.15, 0.2) is 0 Å². The summed E-state index contributed by atoms with van der Waals surface area (Å²) in [6, 6.07) is 4.98. The molecule has 88 valence electrons. The van der Waals surface area contributed by atoms with Gasteiger partial charge in [0, 0.05) is 19.6 Å². The summed E-state index contributed by atoms with van der Waals surface area (Å²) in [7, 11) is 0. The zero-order chi connectivity index (χ0) is 11.4. The number of piperidine rings is 1. The number of hydrogen-bond acceptors (Lipinski definition) is 2. The number of aryl methyl sites for hydroxylation is 1. The maximum Gasteiger partial charge on any atom is 0.123 e. The summed E-state index contributed by atoms with van der Waals surface area (Å²) in [6.45, 7) is 5.00. The van der Waals surface area contributed by atoms with Crippen molar-refractivity contribution in [2.45, 2.75) is 32.7 Å². The third-order valence-corrected chi connectivity index (χ3v) is 3.15. The lowest BCUT2D eigenvalue weighted by Gasteiger charge is -2.27. The van der Waals surface area contributed by atoms with Crippen LogP contribution in [-0.2, 0) is 6.54 Å². The molecule has 16 heavy (non-hydrogen) atoms. The molecule has 1 aromatic carbocycles. The average Bonchev–Trinajstić information content (AvgIpc) is 2.29. The smallest absolute Gasteiger partial charge is 0.123 e. The Hall–Kier alpha value is -0.930. The van der Waals surface area contributed by atoms with Crippen molar-refractivity contribution in [1.29, 1.82) is 0 Å². The Balaban J connectivity index is 1.88. The molecule has 1 saturated heterocycles. The molecule has 0 atom stereocenters. The van der Waals surface area contributed by atoms with Gasteiger partial charge >= 0.3 is 0 Å². The SMILES string of the molecule is Cc1cc(F)ccc1CNN1CCCCC1. The molecule has 2 rings (SSSR count). The molecular weight excluding hydrogens is 203 g/mol. The van der Waals surface area contributed by atoms with Crippen LogP contribution in [0.3, 0.4) is 0 Å². The van der Waals surface area contributed by atoms with Crippen molar-refractivity contribution in [3.8, 4) is 0 Å². The normalized spacial score (nSPS) is 17.6. The number of rotatable bonds is 3. The zero-order valence-electron chi connectivity index (χ0n) is 9.80. The van der Waals surface area contributed by atoms with E-state index in [1.807, 2.05) is 13.0 Å². The molecule has 0 aliphatic carbocycles. The van der Waals surface area contributed by atoms with E-state index < -0.39 is 0 Å². The van der Waals surface area contributed by atoms with Crippen LogP contribution in [0, 0.1) is 12.7 Å². The fourth-order valence-electron chi connectivity index (χ4n) is 2.11. The fraction of sp³-hybridized carbons (Fsp3) is 0.538. The lowest BCUT2D eigenvalue weighted by Crippen LogP contribution is -2.41. The molecule has 0 aromatic heterocycles. The van der Waals surface area contributed by atoms with Crippen molar-refractivity contribution < 1.29 is 4.39 Å². The monoisotopic (exact) mass is 222 g/mol. The largest absolute Gasteiger partial charge is 0.251 e. The molecular formula is C13H19FN2. The predicted molar refractivity (Wildman–Crippen MR) is 63.4 cm³/mol. The van der Waals surface area contributed by atoms with Gasteiger partial charge in [-0.15, -0.1) is 0 Å². The zero-order valence-corrected chi connectivity index (χ0v) is 9.80. The molecule has 2 nitrogen and oxygen atoms in total. The average molecular weight is 222 g/mol. The first-order chi connectivity index (χ1) is 7.75. The van der Waals surface area contributed by atoms with Crippen LogP contribution in [0.5, 0.6) is 0 Å². The summed E-state index contributed by atoms with van der Waals surface area (Å²) >= 11 is 0. The minimum absolute atomic E-state index is 0.153. The first-order valence-corrected chi connectivity index (χ1v) is 5.99. The third kappa shape index (κ3) is 3.03. The Labute approximate surface area is 96.4 Å². The number of hydrazine groups is 1. The maximum atomic E-state index is 12.9. The molecule has 1 aliphatic rings. The summed E-state index contributed by atoms with van der Waals surface area (Å²) < 4.78 is 12.9. The van der Waals surface area contributed by atoms with Crippen LogP contribution in [0.1, 0.15) is 30.4 Å². The van der Waals surface area contributed by atoms with Gasteiger partial charge in [0.05, 0.1) is 0 Å². The van der Waals surface area contributed by atoms with E-state index in [0.717, 1.165) is 25.2 Å². The molecule has 1 aromatic rings. The first kappa shape index (κ1) is 11.6. The molecule has 0 saturated carbocycles. The minimum atomic E-state index is -0.153. The van der Waals surface area contributed by atoms with Crippen LogP contribution >= 0.6 is 0 Å². The first-order valence-electron chi connectivity index (χ1n) is 5.99. The van der Waals surface area contributed by atoms with Crippen LogP contribution in [0.2, 0.25) is 0 Å². The van der Waals surface area contributed by atoms with Crippen molar-refractivity contribution in [1.82, 2.24) is 10.4 Å². The van der Waals surface area contributed by atoms with Crippen molar-refractivity contribution in [2.24, 2.45) is 0 Å². The highest BCUT2D eigenvalue weighted by Gasteiger charge is 2.09. The van der Waals surface area contributed by atoms with E-state index in [2.05, 4.69) is 10.4 Å². The van der Waals surface area contributed by atoms with Crippen LogP contribution in [0.25, 0.3) is 0 Å². The Morgan fingerprint density at radius 2 is 2.00 bits per heavy atom. The Kier molecular flexibility index (Phi) is 3.91. The van der Waals surface area contributed by atoms with Crippen LogP contribution in [0.4, 0.5) is 4.39 Å². The fourth-order valence-corrected chi connectivity index (χ4v) is 2.11. The van der Waals surface area contributed by atoms with Gasteiger partial charge in [0.25, 0.3) is 0 Å². The highest BCUT2D eigenvalue weighted by molar-refractivity contribution is 5.26. The molecule has 3 heteroatoms. The Morgan fingerprint density at radius 3 is 2.69 bits per heavy atom. The van der Waals surface area contributed by atoms with Crippen molar-refractivity contribution >= 4 is 0 Å². The molecule has 0 radical (unpaired) electrons. The topological polar surface area (TPSA) is 15.3 Å². The third-order valence-electron chi connectivity index (χ3n) is 3.15. The summed E-state index contributed by atoms with van der Waals surface area (Å²) in [5.74, 6) is -0.153. The number of nitrogens with zero attached hydrogens (tertiary/aromatic N) is 1. The van der Waals surface area contributed by atoms with E-state index in [9.17, 15) is 4.39 Å². The highest BCUT2D eigenvalue weighted by Crippen LogP contribution is 2.11. The number of hydrogen-bond donors (Lipinski definition) is 1. The van der Waals surface area contributed by atoms with Crippen LogP contribution in [0.15, 0.2) is 18.2 Å². The van der Waals surface area contributed by atoms with Gasteiger partial charge in [-0.05, 0) is 43.0 Å². The van der Waals surface area contributed by atoms with Gasteiger partial charge in [-0.25, -0.2) is 9.40 Å². The standard InChI is InChI=1S/C13H19FN2/c1-11-9-13(14)6-5-12(11)10-15-16-7-3-2-4-8-16/h5-6,9,15H,2-4,7-8,10H2,1H3. The van der Waals surface area contributed by atoms with E-state index in [1.165, 1.54) is 30.9 Å². The minimum Gasteiger partial charge on any atom is -0.251 e. The predicted octanol–water partition coefficient (Wildman–Crippen LogP) is 2.62. The molecule has 1 fully saturated rings. The molecule has 1 heterocycles. The van der Waals surface area contributed by atoms with Gasteiger partial charge in [-0.3, -0.25) is 5.43 Å². The van der Waals surface area contributed by atoms with E-state index in [0.29, 0.717) is 0 Å². The number of halogens is 1. The van der Waals surface area contributed by atoms with E-state index in [1.54, 1.807) is 6.07 Å². The van der Waals surface area contributed by atoms with Crippen LogP contribution in [-0.4, -0.2) is 18.1 Å². The molecule has 0 amide bonds. The summed E-state index contributed by atoms with van der Waals surface area (Å²) in [5.41, 5.74) is 5.60. The maximum absolute atomic E-state index is 12.9. The van der Waals surface area contributed by atoms with Gasteiger partial charge in [0.1, 0.15) is 5.82 Å². The second kappa shape index (κ2) is 5.41. The van der Waals surface area contributed by atoms with Crippen molar-refractivity contribution in [2.75, 3.05) is 13.1 Å². The van der Waals surface area contributed by atoms with Gasteiger partial charge in [-0.2, -0.15) is 0 Å². The molecule has 0 bridgehead atoms. The molecule has 0 spiro atoms. The van der Waals surface area contributed by atoms with Gasteiger partial charge in [0.2, 0.25) is 0 Å². The summed E-state index contributed by atoms with van der Waals surface area (Å²) in [5, 5.41) is 2.27. The lowest BCUT2D eigenvalue weighted by atomic mass is 10.1. The van der Waals surface area contributed by atoms with E-state index in [4.69, 9.17) is 0 Å². The number of nitrogens with one attached hydrogen (secondary N) is 1. The second-order valence-electron chi connectivity index (χ2n) is 4.45. The van der Waals surface area contributed by atoms with Crippen LogP contribution < -0.4 is 5.43 Å². The second-order valence-corrected chi connectivity index (χ2v) is 4.45. The Bertz CT molecular complexity index is 346. The summed E-state index contributed by atoms with van der Waals surface area (Å²) in [4.78, 5) is 0. The summed E-state index contributed by atoms with van der Waals surface area (Å²) in [6.07, 6.45) is 3.89. The number of benzene rings is 1. The highest BCUT2D eigenvalue weighted by atomic mass is 19.1. The van der Waals surface area contributed by atoms with Crippen molar-refractivity contribution in [3.63, 3.8) is 0 Å². The van der Waals surface area contributed by atoms with Gasteiger partial charge < -0.3 is 0 Å². The molecule has 1 aliphatic heterocycles. The Morgan fingerprint density at radius 1 is 1.25 bits per heavy atom. The quantitative estimate of drug-likeness (QED) is 0.845. The van der Waals surface area contributed by atoms with Crippen molar-refractivity contribution in [3.05, 3.63) is 35.1 Å². The lowest BCUT2D eigenvalue weighted by molar-refractivity contribution is 0.151. The van der Waals surface area contributed by atoms with E-state index >= 15 is 0 Å². The molecule has 1 N–H and O–H groups in total. The molecule has 0 unspecified atom stereocenters.